The molecule has 0 saturated carbocycles. The molecule has 6 nitrogen and oxygen atoms in total. The lowest BCUT2D eigenvalue weighted by Crippen LogP contribution is -2.34. The molecule has 1 unspecified atom stereocenters. The second kappa shape index (κ2) is 6.39. The van der Waals surface area contributed by atoms with Gasteiger partial charge in [-0.25, -0.2) is 0 Å². The predicted molar refractivity (Wildman–Crippen MR) is 76.7 cm³/mol. The van der Waals surface area contributed by atoms with Crippen LogP contribution in [0.25, 0.3) is 0 Å². The van der Waals surface area contributed by atoms with Gasteiger partial charge in [0.1, 0.15) is 0 Å². The van der Waals surface area contributed by atoms with E-state index in [9.17, 15) is 19.7 Å². The van der Waals surface area contributed by atoms with E-state index in [1.165, 1.54) is 12.1 Å². The van der Waals surface area contributed by atoms with Gasteiger partial charge in [-0.1, -0.05) is 34.8 Å². The maximum atomic E-state index is 12.2. The summed E-state index contributed by atoms with van der Waals surface area (Å²) < 4.78 is -1.96. The molecule has 0 aliphatic heterocycles. The van der Waals surface area contributed by atoms with Gasteiger partial charge in [-0.15, -0.1) is 0 Å². The van der Waals surface area contributed by atoms with Crippen LogP contribution in [0.4, 0.5) is 5.69 Å². The van der Waals surface area contributed by atoms with Crippen molar-refractivity contribution in [1.82, 2.24) is 0 Å². The smallest absolute Gasteiger partial charge is 0.281 e. The molecular weight excluding hydrogens is 343 g/mol. The fourth-order valence-electron chi connectivity index (χ4n) is 1.51. The molecule has 1 rings (SSSR count). The predicted octanol–water partition coefficient (Wildman–Crippen LogP) is 3.33. The molecule has 0 N–H and O–H groups in total. The van der Waals surface area contributed by atoms with Crippen LogP contribution in [-0.4, -0.2) is 20.8 Å². The van der Waals surface area contributed by atoms with Gasteiger partial charge in [0.15, 0.2) is 21.8 Å². The first kappa shape index (κ1) is 17.4. The van der Waals surface area contributed by atoms with Gasteiger partial charge in [0, 0.05) is 11.1 Å². The number of ketones is 2. The SMILES string of the molecule is CC(Cl)(Cl)C(=O)C(C#N)C(=O)c1ccc(Cl)cc1[N+](=O)[O-]. The molecule has 9 heteroatoms. The third-order valence-corrected chi connectivity index (χ3v) is 3.12. The Bertz CT molecular complexity index is 661. The minimum absolute atomic E-state index is 0.0395. The van der Waals surface area contributed by atoms with Gasteiger partial charge in [-0.3, -0.25) is 19.7 Å². The van der Waals surface area contributed by atoms with Crippen molar-refractivity contribution in [1.29, 1.82) is 5.26 Å². The molecule has 0 fully saturated rings. The highest BCUT2D eigenvalue weighted by Gasteiger charge is 2.40. The number of hydrogen-bond donors (Lipinski definition) is 0. The Balaban J connectivity index is 3.34. The van der Waals surface area contributed by atoms with Crippen LogP contribution in [-0.2, 0) is 4.79 Å². The summed E-state index contributed by atoms with van der Waals surface area (Å²) in [6, 6.07) is 4.72. The zero-order valence-electron chi connectivity index (χ0n) is 10.5. The highest BCUT2D eigenvalue weighted by molar-refractivity contribution is 6.59. The van der Waals surface area contributed by atoms with Crippen molar-refractivity contribution in [3.8, 4) is 6.07 Å². The minimum atomic E-state index is -1.96. The molecule has 0 amide bonds. The number of hydrogen-bond acceptors (Lipinski definition) is 5. The monoisotopic (exact) mass is 348 g/mol. The van der Waals surface area contributed by atoms with Crippen molar-refractivity contribution >= 4 is 52.1 Å². The molecule has 1 atom stereocenters. The zero-order chi connectivity index (χ0) is 16.4. The summed E-state index contributed by atoms with van der Waals surface area (Å²) in [4.78, 5) is 34.1. The first-order valence-corrected chi connectivity index (χ1v) is 6.53. The Morgan fingerprint density at radius 2 is 2.00 bits per heavy atom. The Hall–Kier alpha value is -1.68. The normalized spacial score (nSPS) is 12.3. The lowest BCUT2D eigenvalue weighted by atomic mass is 9.92. The Morgan fingerprint density at radius 3 is 2.43 bits per heavy atom. The standard InChI is InChI=1S/C12H7Cl3N2O4/c1-12(14,15)11(19)8(5-16)10(18)7-3-2-6(13)4-9(7)17(20)21/h2-4,8H,1H3. The Labute approximate surface area is 134 Å². The van der Waals surface area contributed by atoms with Crippen LogP contribution in [0, 0.1) is 27.4 Å². The second-order valence-electron chi connectivity index (χ2n) is 4.10. The fourth-order valence-corrected chi connectivity index (χ4v) is 1.89. The van der Waals surface area contributed by atoms with Gasteiger partial charge < -0.3 is 0 Å². The molecule has 0 aromatic heterocycles. The van der Waals surface area contributed by atoms with Crippen LogP contribution in [0.2, 0.25) is 5.02 Å². The van der Waals surface area contributed by atoms with Gasteiger partial charge in [0.25, 0.3) is 5.69 Å². The number of Topliss-reactive ketones (excluding diaryl/α,β-unsaturated/α-hetero) is 2. The number of nitro groups is 1. The highest BCUT2D eigenvalue weighted by atomic mass is 35.5. The molecule has 0 heterocycles. The Kier molecular flexibility index (Phi) is 5.29. The van der Waals surface area contributed by atoms with Crippen LogP contribution in [0.5, 0.6) is 0 Å². The maximum absolute atomic E-state index is 12.2. The average molecular weight is 350 g/mol. The van der Waals surface area contributed by atoms with Crippen molar-refractivity contribution in [2.45, 2.75) is 11.3 Å². The van der Waals surface area contributed by atoms with Crippen LogP contribution in [0.1, 0.15) is 17.3 Å². The van der Waals surface area contributed by atoms with E-state index in [4.69, 9.17) is 40.1 Å². The van der Waals surface area contributed by atoms with Gasteiger partial charge in [-0.2, -0.15) is 5.26 Å². The van der Waals surface area contributed by atoms with E-state index in [-0.39, 0.29) is 5.02 Å². The number of nitro benzene ring substituents is 1. The summed E-state index contributed by atoms with van der Waals surface area (Å²) in [5.41, 5.74) is -1.02. The number of nitriles is 1. The lowest BCUT2D eigenvalue weighted by Gasteiger charge is -2.15. The van der Waals surface area contributed by atoms with E-state index in [1.54, 1.807) is 0 Å². The average Bonchev–Trinajstić information content (AvgIpc) is 2.37. The van der Waals surface area contributed by atoms with Crippen molar-refractivity contribution in [3.63, 3.8) is 0 Å². The van der Waals surface area contributed by atoms with Crippen molar-refractivity contribution < 1.29 is 14.5 Å². The van der Waals surface area contributed by atoms with Crippen LogP contribution in [0.15, 0.2) is 18.2 Å². The molecule has 0 bridgehead atoms. The van der Waals surface area contributed by atoms with Gasteiger partial charge in [-0.05, 0) is 19.1 Å². The van der Waals surface area contributed by atoms with E-state index in [1.807, 2.05) is 0 Å². The molecule has 1 aromatic rings. The van der Waals surface area contributed by atoms with Gasteiger partial charge in [0.2, 0.25) is 0 Å². The van der Waals surface area contributed by atoms with Crippen LogP contribution < -0.4 is 0 Å². The molecule has 0 aliphatic carbocycles. The summed E-state index contributed by atoms with van der Waals surface area (Å²) in [5, 5.41) is 19.9. The largest absolute Gasteiger partial charge is 0.294 e. The molecule has 0 radical (unpaired) electrons. The van der Waals surface area contributed by atoms with Crippen LogP contribution >= 0.6 is 34.8 Å². The first-order valence-electron chi connectivity index (χ1n) is 5.39. The fraction of sp³-hybridized carbons (Fsp3) is 0.250. The van der Waals surface area contributed by atoms with Crippen molar-refractivity contribution in [2.24, 2.45) is 5.92 Å². The zero-order valence-corrected chi connectivity index (χ0v) is 12.7. The molecular formula is C12H7Cl3N2O4. The summed E-state index contributed by atoms with van der Waals surface area (Å²) >= 11 is 16.8. The molecule has 0 saturated heterocycles. The van der Waals surface area contributed by atoms with Gasteiger partial charge >= 0.3 is 0 Å². The number of carbonyl (C=O) groups is 2. The number of carbonyl (C=O) groups excluding carboxylic acids is 2. The van der Waals surface area contributed by atoms with Crippen molar-refractivity contribution in [2.75, 3.05) is 0 Å². The highest BCUT2D eigenvalue weighted by Crippen LogP contribution is 2.30. The van der Waals surface area contributed by atoms with E-state index in [2.05, 4.69) is 0 Å². The molecule has 110 valence electrons. The van der Waals surface area contributed by atoms with E-state index < -0.39 is 38.0 Å². The van der Waals surface area contributed by atoms with E-state index in [0.29, 0.717) is 0 Å². The summed E-state index contributed by atoms with van der Waals surface area (Å²) in [7, 11) is 0. The van der Waals surface area contributed by atoms with Crippen molar-refractivity contribution in [3.05, 3.63) is 38.9 Å². The summed E-state index contributed by atoms with van der Waals surface area (Å²) in [6.45, 7) is 1.10. The number of alkyl halides is 2. The number of nitrogens with zero attached hydrogens (tertiary/aromatic N) is 2. The summed E-state index contributed by atoms with van der Waals surface area (Å²) in [5.74, 6) is -3.95. The third kappa shape index (κ3) is 3.91. The molecule has 21 heavy (non-hydrogen) atoms. The molecule has 0 spiro atoms. The van der Waals surface area contributed by atoms with E-state index in [0.717, 1.165) is 19.1 Å². The third-order valence-electron chi connectivity index (χ3n) is 2.51. The lowest BCUT2D eigenvalue weighted by molar-refractivity contribution is -0.385. The minimum Gasteiger partial charge on any atom is -0.294 e. The van der Waals surface area contributed by atoms with Crippen LogP contribution in [0.3, 0.4) is 0 Å². The van der Waals surface area contributed by atoms with E-state index >= 15 is 0 Å². The first-order chi connectivity index (χ1) is 9.59. The topological polar surface area (TPSA) is 101 Å². The quantitative estimate of drug-likeness (QED) is 0.267. The number of rotatable bonds is 5. The van der Waals surface area contributed by atoms with Gasteiger partial charge in [0.05, 0.1) is 16.6 Å². The summed E-state index contributed by atoms with van der Waals surface area (Å²) in [6.07, 6.45) is 0. The maximum Gasteiger partial charge on any atom is 0.281 e. The molecule has 1 aromatic carbocycles. The molecule has 0 aliphatic rings. The number of halogens is 3. The second-order valence-corrected chi connectivity index (χ2v) is 6.24. The number of benzene rings is 1. The Morgan fingerprint density at radius 1 is 1.43 bits per heavy atom.